The van der Waals surface area contributed by atoms with Crippen LogP contribution in [0, 0.1) is 18.8 Å². The van der Waals surface area contributed by atoms with Crippen LogP contribution >= 0.6 is 0 Å². The van der Waals surface area contributed by atoms with Gasteiger partial charge in [-0.1, -0.05) is 25.9 Å². The number of nitrogens with one attached hydrogen (secondary N) is 2. The van der Waals surface area contributed by atoms with Crippen molar-refractivity contribution in [2.75, 3.05) is 24.5 Å². The number of anilines is 1. The fourth-order valence-electron chi connectivity index (χ4n) is 4.41. The number of aromatic nitrogens is 4. The van der Waals surface area contributed by atoms with Crippen LogP contribution in [0.4, 0.5) is 5.82 Å². The smallest absolute Gasteiger partial charge is 0.173 e. The second-order valence-electron chi connectivity index (χ2n) is 8.68. The maximum absolute atomic E-state index is 5.69. The Labute approximate surface area is 175 Å². The Morgan fingerprint density at radius 3 is 2.97 bits per heavy atom. The first kappa shape index (κ1) is 19.1. The van der Waals surface area contributed by atoms with Crippen LogP contribution in [0.5, 0.6) is 0 Å². The van der Waals surface area contributed by atoms with Gasteiger partial charge in [-0.05, 0) is 30.9 Å². The predicted molar refractivity (Wildman–Crippen MR) is 120 cm³/mol. The highest BCUT2D eigenvalue weighted by Gasteiger charge is 2.29. The summed E-state index contributed by atoms with van der Waals surface area (Å²) in [7, 11) is 0. The first-order chi connectivity index (χ1) is 14.5. The fourth-order valence-corrected chi connectivity index (χ4v) is 4.41. The molecular weight excluding hydrogens is 376 g/mol. The van der Waals surface area contributed by atoms with Gasteiger partial charge in [-0.15, -0.1) is 0 Å². The lowest BCUT2D eigenvalue weighted by atomic mass is 9.89. The summed E-state index contributed by atoms with van der Waals surface area (Å²) in [6.45, 7) is 11.7. The van der Waals surface area contributed by atoms with Gasteiger partial charge in [0.2, 0.25) is 0 Å². The molecule has 1 aliphatic heterocycles. The Balaban J connectivity index is 1.62. The van der Waals surface area contributed by atoms with Gasteiger partial charge in [0.25, 0.3) is 0 Å². The molecule has 5 rings (SSSR count). The van der Waals surface area contributed by atoms with Crippen molar-refractivity contribution in [1.29, 1.82) is 0 Å². The molecular formula is C23H28N6O. The third kappa shape index (κ3) is 3.13. The van der Waals surface area contributed by atoms with Crippen LogP contribution < -0.4 is 10.2 Å². The molecule has 1 saturated heterocycles. The molecule has 0 saturated carbocycles. The van der Waals surface area contributed by atoms with Gasteiger partial charge in [-0.3, -0.25) is 0 Å². The Morgan fingerprint density at radius 1 is 1.27 bits per heavy atom. The standard InChI is InChI=1S/C23H28N6O/c1-13(2)14(3)19-12-29(9-8-24-19)23-21-15(4)28-30-20(21)10-18(27-23)17-11-26-22-16(17)6-5-7-25-22/h5-7,10-11,13-14,19,24H,8-9,12H2,1-4H3,(H,25,26)/t14-,19?/m0/s1. The van der Waals surface area contributed by atoms with Crippen molar-refractivity contribution in [3.8, 4) is 11.3 Å². The van der Waals surface area contributed by atoms with Crippen molar-refractivity contribution in [3.05, 3.63) is 36.3 Å². The molecule has 0 aromatic carbocycles. The number of H-pyrrole nitrogens is 1. The zero-order chi connectivity index (χ0) is 20.8. The number of piperazine rings is 1. The normalized spacial score (nSPS) is 18.6. The third-order valence-electron chi connectivity index (χ3n) is 6.53. The van der Waals surface area contributed by atoms with Gasteiger partial charge in [0, 0.05) is 55.1 Å². The third-order valence-corrected chi connectivity index (χ3v) is 6.53. The molecule has 1 fully saturated rings. The van der Waals surface area contributed by atoms with E-state index in [1.54, 1.807) is 6.20 Å². The molecule has 2 N–H and O–H groups in total. The Morgan fingerprint density at radius 2 is 2.13 bits per heavy atom. The molecule has 4 aromatic heterocycles. The molecule has 156 valence electrons. The van der Waals surface area contributed by atoms with Gasteiger partial charge in [0.1, 0.15) is 11.5 Å². The van der Waals surface area contributed by atoms with Crippen molar-refractivity contribution >= 4 is 27.8 Å². The van der Waals surface area contributed by atoms with Gasteiger partial charge in [-0.25, -0.2) is 9.97 Å². The first-order valence-corrected chi connectivity index (χ1v) is 10.7. The SMILES string of the molecule is Cc1noc2cc(-c3c[nH]c4ncccc34)nc(N3CCNC([C@@H](C)C(C)C)C3)c12. The summed E-state index contributed by atoms with van der Waals surface area (Å²) in [5, 5.41) is 10.0. The van der Waals surface area contributed by atoms with Crippen LogP contribution in [0.25, 0.3) is 33.3 Å². The van der Waals surface area contributed by atoms with E-state index >= 15 is 0 Å². The average Bonchev–Trinajstić information content (AvgIpc) is 3.36. The summed E-state index contributed by atoms with van der Waals surface area (Å²) in [6, 6.07) is 6.43. The van der Waals surface area contributed by atoms with Crippen molar-refractivity contribution < 1.29 is 4.52 Å². The minimum Gasteiger partial charge on any atom is -0.356 e. The second-order valence-corrected chi connectivity index (χ2v) is 8.68. The molecule has 0 aliphatic carbocycles. The number of aromatic amines is 1. The number of nitrogens with zero attached hydrogens (tertiary/aromatic N) is 4. The highest BCUT2D eigenvalue weighted by atomic mass is 16.5. The molecule has 5 heterocycles. The Hall–Kier alpha value is -2.93. The highest BCUT2D eigenvalue weighted by molar-refractivity contribution is 5.98. The monoisotopic (exact) mass is 404 g/mol. The minimum absolute atomic E-state index is 0.428. The van der Waals surface area contributed by atoms with E-state index in [1.807, 2.05) is 25.3 Å². The summed E-state index contributed by atoms with van der Waals surface area (Å²) >= 11 is 0. The zero-order valence-corrected chi connectivity index (χ0v) is 17.9. The minimum atomic E-state index is 0.428. The number of rotatable bonds is 4. The topological polar surface area (TPSA) is 82.9 Å². The van der Waals surface area contributed by atoms with Crippen LogP contribution in [0.3, 0.4) is 0 Å². The number of fused-ring (bicyclic) bond motifs is 2. The average molecular weight is 405 g/mol. The van der Waals surface area contributed by atoms with Gasteiger partial charge in [0.15, 0.2) is 5.58 Å². The number of pyridine rings is 2. The fraction of sp³-hybridized carbons (Fsp3) is 0.435. The van der Waals surface area contributed by atoms with Crippen LogP contribution in [-0.4, -0.2) is 45.8 Å². The van der Waals surface area contributed by atoms with Crippen molar-refractivity contribution in [1.82, 2.24) is 25.4 Å². The van der Waals surface area contributed by atoms with Crippen LogP contribution in [0.15, 0.2) is 35.1 Å². The molecule has 7 heteroatoms. The molecule has 1 aliphatic rings. The summed E-state index contributed by atoms with van der Waals surface area (Å²) in [5.41, 5.74) is 4.42. The van der Waals surface area contributed by atoms with E-state index in [2.05, 4.69) is 52.2 Å². The maximum Gasteiger partial charge on any atom is 0.173 e. The van der Waals surface area contributed by atoms with E-state index in [9.17, 15) is 0 Å². The largest absolute Gasteiger partial charge is 0.356 e. The molecule has 4 aromatic rings. The van der Waals surface area contributed by atoms with Crippen molar-refractivity contribution in [2.24, 2.45) is 11.8 Å². The molecule has 0 spiro atoms. The van der Waals surface area contributed by atoms with Crippen LogP contribution in [-0.2, 0) is 0 Å². The predicted octanol–water partition coefficient (Wildman–Crippen LogP) is 4.14. The quantitative estimate of drug-likeness (QED) is 0.532. The van der Waals surface area contributed by atoms with E-state index < -0.39 is 0 Å². The van der Waals surface area contributed by atoms with E-state index in [4.69, 9.17) is 9.51 Å². The van der Waals surface area contributed by atoms with Crippen LogP contribution in [0.2, 0.25) is 0 Å². The maximum atomic E-state index is 5.69. The van der Waals surface area contributed by atoms with E-state index in [-0.39, 0.29) is 0 Å². The van der Waals surface area contributed by atoms with Crippen molar-refractivity contribution in [3.63, 3.8) is 0 Å². The molecule has 0 bridgehead atoms. The molecule has 7 nitrogen and oxygen atoms in total. The molecule has 0 amide bonds. The van der Waals surface area contributed by atoms with Gasteiger partial charge in [0.05, 0.1) is 16.8 Å². The van der Waals surface area contributed by atoms with Gasteiger partial charge >= 0.3 is 0 Å². The lowest BCUT2D eigenvalue weighted by molar-refractivity contribution is 0.283. The number of aryl methyl sites for hydroxylation is 1. The molecule has 2 atom stereocenters. The molecule has 30 heavy (non-hydrogen) atoms. The number of hydrogen-bond acceptors (Lipinski definition) is 6. The van der Waals surface area contributed by atoms with Gasteiger partial charge in [-0.2, -0.15) is 0 Å². The molecule has 0 radical (unpaired) electrons. The lowest BCUT2D eigenvalue weighted by Gasteiger charge is -2.39. The van der Waals surface area contributed by atoms with E-state index in [0.717, 1.165) is 64.4 Å². The Kier molecular flexibility index (Phi) is 4.70. The first-order valence-electron chi connectivity index (χ1n) is 10.7. The van der Waals surface area contributed by atoms with E-state index in [0.29, 0.717) is 17.9 Å². The summed E-state index contributed by atoms with van der Waals surface area (Å²) in [5.74, 6) is 2.16. The molecule has 1 unspecified atom stereocenters. The lowest BCUT2D eigenvalue weighted by Crippen LogP contribution is -2.54. The number of hydrogen-bond donors (Lipinski definition) is 2. The van der Waals surface area contributed by atoms with Gasteiger partial charge < -0.3 is 19.7 Å². The second kappa shape index (κ2) is 7.40. The zero-order valence-electron chi connectivity index (χ0n) is 17.9. The van der Waals surface area contributed by atoms with Crippen LogP contribution in [0.1, 0.15) is 26.5 Å². The summed E-state index contributed by atoms with van der Waals surface area (Å²) in [4.78, 5) is 15.2. The summed E-state index contributed by atoms with van der Waals surface area (Å²) in [6.07, 6.45) is 3.77. The highest BCUT2D eigenvalue weighted by Crippen LogP contribution is 2.35. The van der Waals surface area contributed by atoms with Crippen molar-refractivity contribution in [2.45, 2.75) is 33.7 Å². The van der Waals surface area contributed by atoms with E-state index in [1.165, 1.54) is 0 Å². The summed E-state index contributed by atoms with van der Waals surface area (Å²) < 4.78 is 5.69. The Bertz CT molecular complexity index is 1190.